The quantitative estimate of drug-likeness (QED) is 0.195. The molecule has 0 N–H and O–H groups in total. The van der Waals surface area contributed by atoms with Gasteiger partial charge in [0.1, 0.15) is 11.2 Å². The Morgan fingerprint density at radius 3 is 1.67 bits per heavy atom. The van der Waals surface area contributed by atoms with Crippen LogP contribution in [0.5, 0.6) is 0 Å². The number of para-hydroxylation sites is 1. The van der Waals surface area contributed by atoms with E-state index in [2.05, 4.69) is 0 Å². The highest BCUT2D eigenvalue weighted by Crippen LogP contribution is 2.45. The van der Waals surface area contributed by atoms with Crippen LogP contribution < -0.4 is 0 Å². The zero-order valence-corrected chi connectivity index (χ0v) is 22.0. The van der Waals surface area contributed by atoms with E-state index in [1.807, 2.05) is 0 Å². The van der Waals surface area contributed by atoms with Crippen LogP contribution in [0.1, 0.15) is 24.7 Å². The number of furan rings is 1. The van der Waals surface area contributed by atoms with Crippen LogP contribution in [0.3, 0.4) is 0 Å². The molecule has 0 amide bonds. The summed E-state index contributed by atoms with van der Waals surface area (Å²) in [5.74, 6) is 0. The van der Waals surface area contributed by atoms with Crippen LogP contribution in [0.15, 0.2) is 162 Å². The van der Waals surface area contributed by atoms with Crippen molar-refractivity contribution < 1.29 is 29.1 Å². The fourth-order valence-electron chi connectivity index (χ4n) is 5.62. The van der Waals surface area contributed by atoms with E-state index in [1.54, 1.807) is 0 Å². The molecule has 9 aromatic rings. The second-order valence-electron chi connectivity index (χ2n) is 9.90. The van der Waals surface area contributed by atoms with Gasteiger partial charge < -0.3 is 4.42 Å². The van der Waals surface area contributed by atoms with E-state index in [-0.39, 0.29) is 136 Å². The Bertz CT molecular complexity index is 3430. The van der Waals surface area contributed by atoms with Crippen LogP contribution >= 0.6 is 0 Å². The smallest absolute Gasteiger partial charge is 0.135 e. The molecule has 1 nitrogen and oxygen atoms in total. The summed E-state index contributed by atoms with van der Waals surface area (Å²) in [5, 5.41) is 0.470. The highest BCUT2D eigenvalue weighted by atomic mass is 16.3. The van der Waals surface area contributed by atoms with Gasteiger partial charge in [-0.05, 0) is 89.9 Å². The predicted octanol–water partition coefficient (Wildman–Crippen LogP) is 12.0. The maximum Gasteiger partial charge on any atom is 0.135 e. The average Bonchev–Trinajstić information content (AvgIpc) is 3.62. The van der Waals surface area contributed by atoms with Crippen LogP contribution in [0, 0.1) is 0 Å². The summed E-state index contributed by atoms with van der Waals surface area (Å²) < 4.78 is 162. The predicted molar refractivity (Wildman–Crippen MR) is 183 cm³/mol. The van der Waals surface area contributed by atoms with E-state index in [0.717, 1.165) is 0 Å². The lowest BCUT2D eigenvalue weighted by molar-refractivity contribution is 0.669. The average molecular weight is 565 g/mol. The molecule has 0 fully saturated rings. The van der Waals surface area contributed by atoms with Crippen LogP contribution in [-0.2, 0) is 0 Å². The zero-order valence-electron chi connectivity index (χ0n) is 40.0. The largest absolute Gasteiger partial charge is 0.456 e. The molecule has 0 spiro atoms. The maximum absolute atomic E-state index is 9.55. The molecular formula is C42H26O. The van der Waals surface area contributed by atoms with Crippen molar-refractivity contribution in [3.05, 3.63) is 157 Å². The molecule has 0 aliphatic rings. The third-order valence-electron chi connectivity index (χ3n) is 7.54. The first-order valence-corrected chi connectivity index (χ1v) is 13.3. The first-order valence-electron chi connectivity index (χ1n) is 22.3. The molecule has 9 rings (SSSR count). The Kier molecular flexibility index (Phi) is 2.70. The molecule has 1 aromatic heterocycles. The molecule has 1 heteroatoms. The van der Waals surface area contributed by atoms with Crippen molar-refractivity contribution in [2.24, 2.45) is 0 Å². The van der Waals surface area contributed by atoms with Gasteiger partial charge in [0.15, 0.2) is 0 Å². The van der Waals surface area contributed by atoms with Crippen molar-refractivity contribution in [2.45, 2.75) is 0 Å². The third kappa shape index (κ3) is 3.79. The molecule has 0 saturated carbocycles. The summed E-state index contributed by atoms with van der Waals surface area (Å²) in [6, 6.07) is 3.65. The Morgan fingerprint density at radius 2 is 0.953 bits per heavy atom. The van der Waals surface area contributed by atoms with E-state index in [1.165, 1.54) is 48.5 Å². The van der Waals surface area contributed by atoms with Gasteiger partial charge in [-0.15, -0.1) is 0 Å². The molecule has 8 aromatic carbocycles. The lowest BCUT2D eigenvalue weighted by Crippen LogP contribution is -1.91. The second kappa shape index (κ2) is 9.44. The van der Waals surface area contributed by atoms with E-state index in [0.29, 0.717) is 0 Å². The standard InChI is InChI=1S/C42H26O/c1-2-10-30-25-31(22-19-27(30)9-1)28-17-20-29(21-18-28)41-34-12-3-5-14-36(34)42(37-15-6-4-13-35(37)41)32-23-24-40-38(26-32)33-11-7-8-16-39(33)43-40/h1-26H/i1D,2D,3D,4D,5D,6D,7D,8D,9D,10D,11D,16D,17D,18D,19D,23D,24D,26D. The van der Waals surface area contributed by atoms with Crippen molar-refractivity contribution in [3.8, 4) is 33.4 Å². The van der Waals surface area contributed by atoms with Gasteiger partial charge >= 0.3 is 0 Å². The van der Waals surface area contributed by atoms with Crippen molar-refractivity contribution in [2.75, 3.05) is 0 Å². The molecule has 0 radical (unpaired) electrons. The van der Waals surface area contributed by atoms with Crippen LogP contribution in [-0.4, -0.2) is 0 Å². The summed E-state index contributed by atoms with van der Waals surface area (Å²) in [5.41, 5.74) is -0.0448. The van der Waals surface area contributed by atoms with E-state index in [9.17, 15) is 5.48 Å². The Morgan fingerprint density at radius 1 is 0.372 bits per heavy atom. The summed E-state index contributed by atoms with van der Waals surface area (Å²) in [6.07, 6.45) is 0. The summed E-state index contributed by atoms with van der Waals surface area (Å²) in [4.78, 5) is 0. The molecular weight excluding hydrogens is 520 g/mol. The molecule has 0 aliphatic heterocycles. The van der Waals surface area contributed by atoms with E-state index >= 15 is 0 Å². The van der Waals surface area contributed by atoms with Gasteiger partial charge in [0.05, 0.1) is 24.7 Å². The van der Waals surface area contributed by atoms with Gasteiger partial charge in [-0.1, -0.05) is 133 Å². The van der Waals surface area contributed by atoms with Crippen molar-refractivity contribution in [1.29, 1.82) is 0 Å². The van der Waals surface area contributed by atoms with E-state index < -0.39 is 60.4 Å². The SMILES string of the molecule is [2H]c1cc2c(-c3cc([2H])c(-c4cc([2H])c5c([2H])c([2H])c([2H])c([2H])c5c4)c([2H])c3)c3cc([2H])c([2H])cc3c(-c3c([2H])c([2H])c4oc5c([2H])c([2H])c([2H])c([2H])c5c4c3[2H])c2cc1[2H]. The number of fused-ring (bicyclic) bond motifs is 6. The maximum atomic E-state index is 9.55. The highest BCUT2D eigenvalue weighted by Gasteiger charge is 2.17. The molecule has 0 bridgehead atoms. The fourth-order valence-corrected chi connectivity index (χ4v) is 5.62. The molecule has 0 saturated heterocycles. The fraction of sp³-hybridized carbons (Fsp3) is 0. The van der Waals surface area contributed by atoms with Crippen LogP contribution in [0.2, 0.25) is 0 Å². The van der Waals surface area contributed by atoms with Crippen molar-refractivity contribution in [1.82, 2.24) is 0 Å². The number of hydrogen-bond donors (Lipinski definition) is 0. The summed E-state index contributed by atoms with van der Waals surface area (Å²) in [7, 11) is 0. The first kappa shape index (κ1) is 12.3. The lowest BCUT2D eigenvalue weighted by Gasteiger charge is -2.18. The third-order valence-corrected chi connectivity index (χ3v) is 7.54. The van der Waals surface area contributed by atoms with Crippen molar-refractivity contribution >= 4 is 54.3 Å². The van der Waals surface area contributed by atoms with Crippen LogP contribution in [0.25, 0.3) is 87.6 Å². The van der Waals surface area contributed by atoms with Gasteiger partial charge in [-0.25, -0.2) is 0 Å². The molecule has 43 heavy (non-hydrogen) atoms. The number of rotatable bonds is 3. The molecule has 0 aliphatic carbocycles. The van der Waals surface area contributed by atoms with Crippen molar-refractivity contribution in [3.63, 3.8) is 0 Å². The Labute approximate surface area is 274 Å². The second-order valence-corrected chi connectivity index (χ2v) is 9.90. The Hall–Kier alpha value is -5.66. The van der Waals surface area contributed by atoms with Gasteiger partial charge in [0.25, 0.3) is 0 Å². The molecule has 0 unspecified atom stereocenters. The van der Waals surface area contributed by atoms with E-state index in [4.69, 9.17) is 23.6 Å². The minimum atomic E-state index is -0.603. The number of benzene rings is 8. The monoisotopic (exact) mass is 564 g/mol. The summed E-state index contributed by atoms with van der Waals surface area (Å²) >= 11 is 0. The Balaban J connectivity index is 1.39. The zero-order chi connectivity index (χ0) is 44.0. The van der Waals surface area contributed by atoms with Gasteiger partial charge in [-0.2, -0.15) is 0 Å². The minimum absolute atomic E-state index is 0.0175. The topological polar surface area (TPSA) is 13.1 Å². The normalized spacial score (nSPS) is 17.6. The number of hydrogen-bond acceptors (Lipinski definition) is 1. The van der Waals surface area contributed by atoms with Gasteiger partial charge in [0, 0.05) is 10.8 Å². The van der Waals surface area contributed by atoms with Crippen LogP contribution in [0.4, 0.5) is 0 Å². The summed E-state index contributed by atoms with van der Waals surface area (Å²) in [6.45, 7) is 0. The molecule has 1 heterocycles. The van der Waals surface area contributed by atoms with Gasteiger partial charge in [-0.3, -0.25) is 0 Å². The van der Waals surface area contributed by atoms with Gasteiger partial charge in [0.2, 0.25) is 0 Å². The first-order chi connectivity index (χ1) is 28.7. The molecule has 200 valence electrons. The highest BCUT2D eigenvalue weighted by molar-refractivity contribution is 6.22. The minimum Gasteiger partial charge on any atom is -0.456 e. The molecule has 0 atom stereocenters. The lowest BCUT2D eigenvalue weighted by atomic mass is 9.85.